The number of carbonyl (C=O) groups excluding carboxylic acids is 2. The molecule has 8 heteroatoms. The molecule has 0 fully saturated rings. The Bertz CT molecular complexity index is 940. The summed E-state index contributed by atoms with van der Waals surface area (Å²) >= 11 is 1.38. The Hall–Kier alpha value is -3.00. The number of hydrogen-bond acceptors (Lipinski definition) is 6. The van der Waals surface area contributed by atoms with Gasteiger partial charge in [0.2, 0.25) is 5.91 Å². The Morgan fingerprint density at radius 1 is 1.29 bits per heavy atom. The summed E-state index contributed by atoms with van der Waals surface area (Å²) in [7, 11) is 0. The molecule has 24 heavy (non-hydrogen) atoms. The highest BCUT2D eigenvalue weighted by atomic mass is 32.1. The van der Waals surface area contributed by atoms with Crippen molar-refractivity contribution < 1.29 is 14.0 Å². The quantitative estimate of drug-likeness (QED) is 0.718. The fourth-order valence-corrected chi connectivity index (χ4v) is 2.70. The van der Waals surface area contributed by atoms with Crippen LogP contribution in [-0.2, 0) is 11.3 Å². The van der Waals surface area contributed by atoms with E-state index >= 15 is 0 Å². The topological polar surface area (TPSA) is 94.2 Å². The van der Waals surface area contributed by atoms with Gasteiger partial charge in [0.05, 0.1) is 4.88 Å². The maximum absolute atomic E-state index is 12.1. The van der Waals surface area contributed by atoms with Gasteiger partial charge in [0.15, 0.2) is 5.78 Å². The highest BCUT2D eigenvalue weighted by Crippen LogP contribution is 2.21. The summed E-state index contributed by atoms with van der Waals surface area (Å²) < 4.78 is 6.00. The standard InChI is InChI=1S/C16H13N3O4S/c1-10(20)11-4-2-5-12(8-11)17-14(21)9-19-16(22)23-15(18-19)13-6-3-7-24-13/h2-8H,9H2,1H3,(H,17,21). The molecule has 0 bridgehead atoms. The SMILES string of the molecule is CC(=O)c1cccc(NC(=O)Cn2nc(-c3cccs3)oc2=O)c1. The Kier molecular flexibility index (Phi) is 4.39. The molecule has 0 saturated carbocycles. The van der Waals surface area contributed by atoms with Crippen LogP contribution in [0.15, 0.2) is 51.0 Å². The minimum absolute atomic E-state index is 0.0978. The molecule has 0 atom stereocenters. The first-order valence-corrected chi connectivity index (χ1v) is 7.93. The fourth-order valence-electron chi connectivity index (χ4n) is 2.06. The van der Waals surface area contributed by atoms with Crippen molar-refractivity contribution in [3.05, 3.63) is 57.9 Å². The van der Waals surface area contributed by atoms with E-state index in [4.69, 9.17) is 4.42 Å². The number of thiophene rings is 1. The summed E-state index contributed by atoms with van der Waals surface area (Å²) in [5.74, 6) is -1.06. The van der Waals surface area contributed by atoms with Crippen molar-refractivity contribution in [1.29, 1.82) is 0 Å². The molecule has 0 unspecified atom stereocenters. The Morgan fingerprint density at radius 2 is 2.12 bits per heavy atom. The lowest BCUT2D eigenvalue weighted by molar-refractivity contribution is -0.117. The summed E-state index contributed by atoms with van der Waals surface area (Å²) in [6.07, 6.45) is 0. The van der Waals surface area contributed by atoms with E-state index in [1.54, 1.807) is 30.3 Å². The summed E-state index contributed by atoms with van der Waals surface area (Å²) in [6.45, 7) is 1.17. The maximum Gasteiger partial charge on any atom is 0.437 e. The molecular formula is C16H13N3O4S. The number of anilines is 1. The van der Waals surface area contributed by atoms with Gasteiger partial charge < -0.3 is 9.73 Å². The van der Waals surface area contributed by atoms with Crippen LogP contribution in [0.3, 0.4) is 0 Å². The zero-order valence-corrected chi connectivity index (χ0v) is 13.5. The predicted octanol–water partition coefficient (Wildman–Crippen LogP) is 2.41. The van der Waals surface area contributed by atoms with E-state index in [9.17, 15) is 14.4 Å². The van der Waals surface area contributed by atoms with E-state index in [-0.39, 0.29) is 18.2 Å². The van der Waals surface area contributed by atoms with Gasteiger partial charge in [-0.05, 0) is 30.5 Å². The average molecular weight is 343 g/mol. The second-order valence-corrected chi connectivity index (χ2v) is 5.94. The summed E-state index contributed by atoms with van der Waals surface area (Å²) in [5.41, 5.74) is 0.967. The molecule has 0 aliphatic carbocycles. The normalized spacial score (nSPS) is 10.5. The van der Waals surface area contributed by atoms with Gasteiger partial charge in [-0.2, -0.15) is 4.68 Å². The van der Waals surface area contributed by atoms with Crippen molar-refractivity contribution in [2.75, 3.05) is 5.32 Å². The molecule has 0 aliphatic rings. The lowest BCUT2D eigenvalue weighted by Gasteiger charge is -2.05. The average Bonchev–Trinajstić information content (AvgIpc) is 3.18. The number of nitrogens with one attached hydrogen (secondary N) is 1. The minimum Gasteiger partial charge on any atom is -0.387 e. The van der Waals surface area contributed by atoms with Crippen LogP contribution in [0.1, 0.15) is 17.3 Å². The summed E-state index contributed by atoms with van der Waals surface area (Å²) in [5, 5.41) is 8.48. The van der Waals surface area contributed by atoms with Crippen LogP contribution < -0.4 is 11.1 Å². The van der Waals surface area contributed by atoms with E-state index in [0.29, 0.717) is 16.1 Å². The van der Waals surface area contributed by atoms with E-state index in [1.165, 1.54) is 18.3 Å². The van der Waals surface area contributed by atoms with Gasteiger partial charge in [0.1, 0.15) is 6.54 Å². The van der Waals surface area contributed by atoms with Gasteiger partial charge in [0, 0.05) is 11.3 Å². The van der Waals surface area contributed by atoms with Crippen molar-refractivity contribution in [2.24, 2.45) is 0 Å². The first-order valence-electron chi connectivity index (χ1n) is 7.05. The molecule has 1 N–H and O–H groups in total. The lowest BCUT2D eigenvalue weighted by Crippen LogP contribution is -2.25. The largest absolute Gasteiger partial charge is 0.437 e. The van der Waals surface area contributed by atoms with E-state index in [1.807, 2.05) is 11.4 Å². The number of aromatic nitrogens is 2. The molecular weight excluding hydrogens is 330 g/mol. The van der Waals surface area contributed by atoms with Crippen molar-refractivity contribution in [2.45, 2.75) is 13.5 Å². The van der Waals surface area contributed by atoms with Crippen LogP contribution in [-0.4, -0.2) is 21.5 Å². The molecule has 1 amide bonds. The van der Waals surface area contributed by atoms with Gasteiger partial charge in [0.25, 0.3) is 5.89 Å². The third-order valence-electron chi connectivity index (χ3n) is 3.18. The van der Waals surface area contributed by atoms with E-state index in [2.05, 4.69) is 10.4 Å². The molecule has 0 radical (unpaired) electrons. The molecule has 2 heterocycles. The second kappa shape index (κ2) is 6.63. The Balaban J connectivity index is 1.72. The molecule has 2 aromatic heterocycles. The number of Topliss-reactive ketones (excluding diaryl/α,β-unsaturated/α-hetero) is 1. The van der Waals surface area contributed by atoms with Crippen LogP contribution in [0.5, 0.6) is 0 Å². The van der Waals surface area contributed by atoms with Crippen LogP contribution in [0.4, 0.5) is 5.69 Å². The first kappa shape index (κ1) is 15.9. The van der Waals surface area contributed by atoms with E-state index in [0.717, 1.165) is 4.68 Å². The van der Waals surface area contributed by atoms with Crippen LogP contribution in [0, 0.1) is 0 Å². The molecule has 3 rings (SSSR count). The molecule has 122 valence electrons. The molecule has 7 nitrogen and oxygen atoms in total. The monoisotopic (exact) mass is 343 g/mol. The number of carbonyl (C=O) groups is 2. The van der Waals surface area contributed by atoms with Gasteiger partial charge in [-0.1, -0.05) is 18.2 Å². The van der Waals surface area contributed by atoms with E-state index < -0.39 is 11.7 Å². The zero-order chi connectivity index (χ0) is 17.1. The Labute approximate surface area is 140 Å². The van der Waals surface area contributed by atoms with Crippen molar-refractivity contribution in [1.82, 2.24) is 9.78 Å². The highest BCUT2D eigenvalue weighted by molar-refractivity contribution is 7.13. The highest BCUT2D eigenvalue weighted by Gasteiger charge is 2.14. The zero-order valence-electron chi connectivity index (χ0n) is 12.7. The third kappa shape index (κ3) is 3.49. The van der Waals surface area contributed by atoms with Crippen molar-refractivity contribution in [3.63, 3.8) is 0 Å². The van der Waals surface area contributed by atoms with Crippen molar-refractivity contribution >= 4 is 28.7 Å². The maximum atomic E-state index is 12.1. The van der Waals surface area contributed by atoms with Crippen molar-refractivity contribution in [3.8, 4) is 10.8 Å². The van der Waals surface area contributed by atoms with Gasteiger partial charge in [-0.25, -0.2) is 4.79 Å². The lowest BCUT2D eigenvalue weighted by atomic mass is 10.1. The molecule has 1 aromatic carbocycles. The first-order chi connectivity index (χ1) is 11.5. The molecule has 0 aliphatic heterocycles. The number of hydrogen-bond donors (Lipinski definition) is 1. The number of benzene rings is 1. The minimum atomic E-state index is -0.703. The third-order valence-corrected chi connectivity index (χ3v) is 4.04. The smallest absolute Gasteiger partial charge is 0.387 e. The molecule has 3 aromatic rings. The predicted molar refractivity (Wildman–Crippen MR) is 89.2 cm³/mol. The number of amides is 1. The van der Waals surface area contributed by atoms with Gasteiger partial charge in [-0.15, -0.1) is 16.4 Å². The number of rotatable bonds is 5. The Morgan fingerprint density at radius 3 is 2.83 bits per heavy atom. The summed E-state index contributed by atoms with van der Waals surface area (Å²) in [4.78, 5) is 35.9. The van der Waals surface area contributed by atoms with Gasteiger partial charge >= 0.3 is 5.76 Å². The van der Waals surface area contributed by atoms with Crippen LogP contribution >= 0.6 is 11.3 Å². The van der Waals surface area contributed by atoms with Crippen LogP contribution in [0.25, 0.3) is 10.8 Å². The van der Waals surface area contributed by atoms with Crippen LogP contribution in [0.2, 0.25) is 0 Å². The molecule has 0 saturated heterocycles. The fraction of sp³-hybridized carbons (Fsp3) is 0.125. The summed E-state index contributed by atoms with van der Waals surface area (Å²) in [6, 6.07) is 10.1. The molecule has 0 spiro atoms. The second-order valence-electron chi connectivity index (χ2n) is 4.99. The number of ketones is 1. The number of nitrogens with zero attached hydrogens (tertiary/aromatic N) is 2. The van der Waals surface area contributed by atoms with Gasteiger partial charge in [-0.3, -0.25) is 9.59 Å².